The predicted molar refractivity (Wildman–Crippen MR) is 78.3 cm³/mol. The van der Waals surface area contributed by atoms with E-state index in [1.54, 1.807) is 11.3 Å². The van der Waals surface area contributed by atoms with Crippen LogP contribution in [-0.4, -0.2) is 45.1 Å². The Kier molecular flexibility index (Phi) is 5.30. The molecule has 1 aromatic heterocycles. The van der Waals surface area contributed by atoms with E-state index in [0.29, 0.717) is 19.5 Å². The molecule has 1 aliphatic rings. The van der Waals surface area contributed by atoms with Crippen molar-refractivity contribution >= 4 is 23.3 Å². The highest BCUT2D eigenvalue weighted by atomic mass is 32.1. The molecular formula is C14H20N2O4S. The molecule has 2 atom stereocenters. The highest BCUT2D eigenvalue weighted by Gasteiger charge is 2.38. The first-order valence-electron chi connectivity index (χ1n) is 7.12. The molecule has 116 valence electrons. The molecule has 1 fully saturated rings. The van der Waals surface area contributed by atoms with Crippen LogP contribution in [0.15, 0.2) is 5.38 Å². The number of rotatable bonds is 6. The van der Waals surface area contributed by atoms with Gasteiger partial charge in [0, 0.05) is 18.5 Å². The van der Waals surface area contributed by atoms with Gasteiger partial charge in [-0.3, -0.25) is 14.5 Å². The first kappa shape index (κ1) is 15.9. The molecule has 0 aromatic carbocycles. The van der Waals surface area contributed by atoms with Crippen molar-refractivity contribution in [3.05, 3.63) is 16.1 Å². The second-order valence-corrected chi connectivity index (χ2v) is 6.34. The number of hydrogen-bond donors (Lipinski definition) is 2. The Balaban J connectivity index is 1.98. The molecule has 0 bridgehead atoms. The summed E-state index contributed by atoms with van der Waals surface area (Å²) < 4.78 is 0. The molecule has 6 nitrogen and oxygen atoms in total. The van der Waals surface area contributed by atoms with Crippen molar-refractivity contribution in [1.29, 1.82) is 0 Å². The fourth-order valence-corrected chi connectivity index (χ4v) is 3.58. The Morgan fingerprint density at radius 3 is 2.71 bits per heavy atom. The van der Waals surface area contributed by atoms with Crippen molar-refractivity contribution in [3.8, 4) is 0 Å². The number of aromatic nitrogens is 1. The fraction of sp³-hybridized carbons (Fsp3) is 0.643. The van der Waals surface area contributed by atoms with Crippen molar-refractivity contribution in [1.82, 2.24) is 9.88 Å². The predicted octanol–water partition coefficient (Wildman–Crippen LogP) is 1.70. The van der Waals surface area contributed by atoms with E-state index in [2.05, 4.69) is 11.9 Å². The van der Waals surface area contributed by atoms with E-state index in [-0.39, 0.29) is 6.54 Å². The summed E-state index contributed by atoms with van der Waals surface area (Å²) in [5.74, 6) is -3.67. The Hall–Kier alpha value is -1.47. The number of aryl methyl sites for hydroxylation is 1. The highest BCUT2D eigenvalue weighted by molar-refractivity contribution is 7.09. The van der Waals surface area contributed by atoms with Gasteiger partial charge in [-0.15, -0.1) is 11.3 Å². The molecule has 1 saturated heterocycles. The second kappa shape index (κ2) is 7.00. The van der Waals surface area contributed by atoms with Crippen molar-refractivity contribution in [2.24, 2.45) is 11.8 Å². The van der Waals surface area contributed by atoms with E-state index in [9.17, 15) is 14.7 Å². The van der Waals surface area contributed by atoms with Gasteiger partial charge in [0.1, 0.15) is 0 Å². The third kappa shape index (κ3) is 4.01. The molecule has 2 unspecified atom stereocenters. The Morgan fingerprint density at radius 1 is 1.38 bits per heavy atom. The van der Waals surface area contributed by atoms with Crippen molar-refractivity contribution < 1.29 is 19.8 Å². The summed E-state index contributed by atoms with van der Waals surface area (Å²) in [6.07, 6.45) is 2.39. The molecule has 2 heterocycles. The molecule has 2 N–H and O–H groups in total. The number of nitrogens with zero attached hydrogens (tertiary/aromatic N) is 2. The quantitative estimate of drug-likeness (QED) is 0.831. The summed E-state index contributed by atoms with van der Waals surface area (Å²) in [7, 11) is 0. The maximum Gasteiger partial charge on any atom is 0.308 e. The SMILES string of the molecule is CCCc1nc(CN2CCC(C(=O)O)C(C(=O)O)C2)cs1. The highest BCUT2D eigenvalue weighted by Crippen LogP contribution is 2.26. The number of thiazole rings is 1. The van der Waals surface area contributed by atoms with Crippen LogP contribution in [0.5, 0.6) is 0 Å². The molecule has 0 amide bonds. The van der Waals surface area contributed by atoms with Crippen LogP contribution in [0.25, 0.3) is 0 Å². The summed E-state index contributed by atoms with van der Waals surface area (Å²) in [6, 6.07) is 0. The lowest BCUT2D eigenvalue weighted by atomic mass is 9.85. The van der Waals surface area contributed by atoms with Gasteiger partial charge in [-0.2, -0.15) is 0 Å². The van der Waals surface area contributed by atoms with Gasteiger partial charge in [-0.1, -0.05) is 6.92 Å². The first-order valence-corrected chi connectivity index (χ1v) is 8.00. The maximum atomic E-state index is 11.3. The average Bonchev–Trinajstić information content (AvgIpc) is 2.86. The molecule has 0 aliphatic carbocycles. The van der Waals surface area contributed by atoms with E-state index in [1.807, 2.05) is 10.3 Å². The number of aliphatic carboxylic acids is 2. The molecular weight excluding hydrogens is 292 g/mol. The molecule has 2 rings (SSSR count). The van der Waals surface area contributed by atoms with Gasteiger partial charge < -0.3 is 10.2 Å². The van der Waals surface area contributed by atoms with E-state index < -0.39 is 23.8 Å². The third-order valence-corrected chi connectivity index (χ3v) is 4.74. The lowest BCUT2D eigenvalue weighted by molar-refractivity contribution is -0.157. The largest absolute Gasteiger partial charge is 0.481 e. The monoisotopic (exact) mass is 312 g/mol. The van der Waals surface area contributed by atoms with Crippen LogP contribution in [0.1, 0.15) is 30.5 Å². The number of hydrogen-bond acceptors (Lipinski definition) is 5. The molecule has 0 radical (unpaired) electrons. The van der Waals surface area contributed by atoms with Crippen LogP contribution >= 0.6 is 11.3 Å². The van der Waals surface area contributed by atoms with E-state index in [0.717, 1.165) is 23.5 Å². The Labute approximate surface area is 127 Å². The Morgan fingerprint density at radius 2 is 2.10 bits per heavy atom. The zero-order chi connectivity index (χ0) is 15.4. The molecule has 1 aromatic rings. The molecule has 7 heteroatoms. The first-order chi connectivity index (χ1) is 10.0. The summed E-state index contributed by atoms with van der Waals surface area (Å²) in [6.45, 7) is 3.57. The average molecular weight is 312 g/mol. The second-order valence-electron chi connectivity index (χ2n) is 5.40. The summed E-state index contributed by atoms with van der Waals surface area (Å²) in [5, 5.41) is 21.4. The minimum atomic E-state index is -1.03. The van der Waals surface area contributed by atoms with Crippen LogP contribution < -0.4 is 0 Å². The van der Waals surface area contributed by atoms with Gasteiger partial charge in [-0.05, 0) is 25.8 Å². The smallest absolute Gasteiger partial charge is 0.308 e. The van der Waals surface area contributed by atoms with Crippen LogP contribution in [-0.2, 0) is 22.6 Å². The van der Waals surface area contributed by atoms with Gasteiger partial charge in [0.15, 0.2) is 0 Å². The Bertz CT molecular complexity index is 517. The van der Waals surface area contributed by atoms with E-state index in [4.69, 9.17) is 5.11 Å². The van der Waals surface area contributed by atoms with Crippen molar-refractivity contribution in [3.63, 3.8) is 0 Å². The summed E-state index contributed by atoms with van der Waals surface area (Å²) in [5.41, 5.74) is 0.946. The zero-order valence-corrected chi connectivity index (χ0v) is 12.8. The van der Waals surface area contributed by atoms with Gasteiger partial charge in [0.25, 0.3) is 0 Å². The van der Waals surface area contributed by atoms with E-state index in [1.165, 1.54) is 0 Å². The standard InChI is InChI=1S/C14H20N2O4S/c1-2-3-12-15-9(8-21-12)6-16-5-4-10(13(17)18)11(7-16)14(19)20/h8,10-11H,2-7H2,1H3,(H,17,18)(H,19,20). The number of carbonyl (C=O) groups is 2. The minimum Gasteiger partial charge on any atom is -0.481 e. The number of carboxylic acid groups (broad SMARTS) is 2. The summed E-state index contributed by atoms with van der Waals surface area (Å²) in [4.78, 5) is 28.9. The van der Waals surface area contributed by atoms with Gasteiger partial charge in [0.2, 0.25) is 0 Å². The fourth-order valence-electron chi connectivity index (χ4n) is 2.69. The van der Waals surface area contributed by atoms with Crippen LogP contribution in [0.3, 0.4) is 0 Å². The van der Waals surface area contributed by atoms with E-state index >= 15 is 0 Å². The molecule has 0 saturated carbocycles. The van der Waals surface area contributed by atoms with Gasteiger partial charge >= 0.3 is 11.9 Å². The molecule has 1 aliphatic heterocycles. The number of piperidine rings is 1. The molecule has 0 spiro atoms. The van der Waals surface area contributed by atoms with Gasteiger partial charge in [-0.25, -0.2) is 4.98 Å². The van der Waals surface area contributed by atoms with Crippen molar-refractivity contribution in [2.75, 3.05) is 13.1 Å². The zero-order valence-electron chi connectivity index (χ0n) is 12.0. The van der Waals surface area contributed by atoms with Crippen LogP contribution in [0.2, 0.25) is 0 Å². The lowest BCUT2D eigenvalue weighted by Gasteiger charge is -2.34. The van der Waals surface area contributed by atoms with Crippen LogP contribution in [0, 0.1) is 11.8 Å². The number of likely N-dealkylation sites (tertiary alicyclic amines) is 1. The minimum absolute atomic E-state index is 0.271. The van der Waals surface area contributed by atoms with Crippen LogP contribution in [0.4, 0.5) is 0 Å². The normalized spacial score (nSPS) is 23.1. The molecule has 21 heavy (non-hydrogen) atoms. The maximum absolute atomic E-state index is 11.3. The summed E-state index contributed by atoms with van der Waals surface area (Å²) >= 11 is 1.63. The van der Waals surface area contributed by atoms with Crippen molar-refractivity contribution in [2.45, 2.75) is 32.7 Å². The third-order valence-electron chi connectivity index (χ3n) is 3.78. The number of carboxylic acids is 2. The lowest BCUT2D eigenvalue weighted by Crippen LogP contribution is -2.46. The van der Waals surface area contributed by atoms with Gasteiger partial charge in [0.05, 0.1) is 22.5 Å². The topological polar surface area (TPSA) is 90.7 Å².